The molecular formula is C5H8N2O2. The summed E-state index contributed by atoms with van der Waals surface area (Å²) in [6.07, 6.45) is 2.70. The number of nitrogens with zero attached hydrogens (tertiary/aromatic N) is 1. The van der Waals surface area contributed by atoms with Gasteiger partial charge in [0, 0.05) is 6.08 Å². The summed E-state index contributed by atoms with van der Waals surface area (Å²) in [5, 5.41) is 21.5. The summed E-state index contributed by atoms with van der Waals surface area (Å²) in [6, 6.07) is 0. The molecule has 1 aliphatic rings. The molecule has 4 nitrogen and oxygen atoms in total. The van der Waals surface area contributed by atoms with E-state index in [-0.39, 0.29) is 5.76 Å². The maximum Gasteiger partial charge on any atom is 0.206 e. The molecule has 0 bridgehead atoms. The van der Waals surface area contributed by atoms with Crippen LogP contribution in [0, 0.1) is 0 Å². The van der Waals surface area contributed by atoms with Gasteiger partial charge in [0.2, 0.25) is 5.72 Å². The summed E-state index contributed by atoms with van der Waals surface area (Å²) < 4.78 is 0. The summed E-state index contributed by atoms with van der Waals surface area (Å²) in [5.74, 6) is -0.127. The first-order valence-corrected chi connectivity index (χ1v) is 2.55. The van der Waals surface area contributed by atoms with Gasteiger partial charge < -0.3 is 10.2 Å². The lowest BCUT2D eigenvalue weighted by Gasteiger charge is -2.23. The van der Waals surface area contributed by atoms with Crippen LogP contribution in [0.1, 0.15) is 6.92 Å². The Kier molecular flexibility index (Phi) is 1.17. The number of rotatable bonds is 0. The third-order valence-corrected chi connectivity index (χ3v) is 1.09. The molecule has 1 atom stereocenters. The van der Waals surface area contributed by atoms with Gasteiger partial charge in [-0.3, -0.25) is 5.43 Å². The highest BCUT2D eigenvalue weighted by atomic mass is 16.4. The fraction of sp³-hybridized carbons (Fsp3) is 0.400. The maximum absolute atomic E-state index is 9.10. The average molecular weight is 128 g/mol. The normalized spacial score (nSPS) is 33.3. The molecular weight excluding hydrogens is 120 g/mol. The Labute approximate surface area is 52.5 Å². The number of allylic oxidation sites excluding steroid dienone is 1. The van der Waals surface area contributed by atoms with E-state index in [2.05, 4.69) is 10.5 Å². The molecule has 1 aliphatic heterocycles. The summed E-state index contributed by atoms with van der Waals surface area (Å²) in [4.78, 5) is 0. The van der Waals surface area contributed by atoms with E-state index in [4.69, 9.17) is 10.2 Å². The van der Waals surface area contributed by atoms with Gasteiger partial charge in [-0.2, -0.15) is 5.10 Å². The fourth-order valence-corrected chi connectivity index (χ4v) is 0.490. The fourth-order valence-electron chi connectivity index (χ4n) is 0.490. The molecule has 4 heteroatoms. The van der Waals surface area contributed by atoms with Crippen LogP contribution < -0.4 is 5.43 Å². The standard InChI is InChI=1S/C5H8N2O2/c1-5(9)4(8)2-3-6-7-5/h2-3,7-9H,1H3. The number of nitrogens with one attached hydrogen (secondary N) is 1. The minimum Gasteiger partial charge on any atom is -0.507 e. The number of hydrazone groups is 1. The Hall–Kier alpha value is -1.03. The van der Waals surface area contributed by atoms with Crippen molar-refractivity contribution in [2.24, 2.45) is 5.10 Å². The lowest BCUT2D eigenvalue weighted by molar-refractivity contribution is 0.0203. The van der Waals surface area contributed by atoms with Crippen molar-refractivity contribution in [2.75, 3.05) is 0 Å². The molecule has 0 spiro atoms. The number of hydrogen-bond donors (Lipinski definition) is 3. The van der Waals surface area contributed by atoms with Crippen LogP contribution in [0.5, 0.6) is 0 Å². The molecule has 50 valence electrons. The van der Waals surface area contributed by atoms with E-state index in [0.29, 0.717) is 0 Å². The molecule has 3 N–H and O–H groups in total. The zero-order valence-electron chi connectivity index (χ0n) is 5.00. The second-order valence-corrected chi connectivity index (χ2v) is 2.01. The van der Waals surface area contributed by atoms with Gasteiger partial charge in [0.05, 0.1) is 6.21 Å². The van der Waals surface area contributed by atoms with Crippen molar-refractivity contribution in [3.8, 4) is 0 Å². The summed E-state index contributed by atoms with van der Waals surface area (Å²) >= 11 is 0. The van der Waals surface area contributed by atoms with Crippen LogP contribution >= 0.6 is 0 Å². The highest BCUT2D eigenvalue weighted by molar-refractivity contribution is 5.72. The molecule has 0 aliphatic carbocycles. The van der Waals surface area contributed by atoms with Crippen LogP contribution in [0.4, 0.5) is 0 Å². The Morgan fingerprint density at radius 2 is 2.44 bits per heavy atom. The highest BCUT2D eigenvalue weighted by Gasteiger charge is 2.25. The molecule has 1 heterocycles. The molecule has 1 unspecified atom stereocenters. The summed E-state index contributed by atoms with van der Waals surface area (Å²) in [5.41, 5.74) is 0.921. The number of aliphatic hydroxyl groups is 2. The van der Waals surface area contributed by atoms with Gasteiger partial charge in [-0.05, 0) is 6.92 Å². The highest BCUT2D eigenvalue weighted by Crippen LogP contribution is 2.10. The predicted molar refractivity (Wildman–Crippen MR) is 33.0 cm³/mol. The van der Waals surface area contributed by atoms with Crippen molar-refractivity contribution in [1.82, 2.24) is 5.43 Å². The first kappa shape index (κ1) is 6.10. The first-order valence-electron chi connectivity index (χ1n) is 2.55. The largest absolute Gasteiger partial charge is 0.507 e. The molecule has 1 rings (SSSR count). The summed E-state index contributed by atoms with van der Waals surface area (Å²) in [7, 11) is 0. The van der Waals surface area contributed by atoms with Gasteiger partial charge in [-0.1, -0.05) is 0 Å². The van der Waals surface area contributed by atoms with E-state index in [1.165, 1.54) is 19.2 Å². The van der Waals surface area contributed by atoms with Gasteiger partial charge in [0.15, 0.2) is 0 Å². The molecule has 9 heavy (non-hydrogen) atoms. The van der Waals surface area contributed by atoms with Crippen LogP contribution in [-0.2, 0) is 0 Å². The van der Waals surface area contributed by atoms with Crippen molar-refractivity contribution in [3.05, 3.63) is 11.8 Å². The lowest BCUT2D eigenvalue weighted by Crippen LogP contribution is -2.42. The second kappa shape index (κ2) is 1.73. The van der Waals surface area contributed by atoms with Crippen LogP contribution in [0.15, 0.2) is 16.9 Å². The lowest BCUT2D eigenvalue weighted by atomic mass is 10.2. The monoisotopic (exact) mass is 128 g/mol. The average Bonchev–Trinajstić information content (AvgIpc) is 1.77. The quantitative estimate of drug-likeness (QED) is 0.420. The van der Waals surface area contributed by atoms with E-state index in [1.54, 1.807) is 0 Å². The Bertz CT molecular complexity index is 172. The summed E-state index contributed by atoms with van der Waals surface area (Å²) in [6.45, 7) is 1.41. The molecule has 0 radical (unpaired) electrons. The predicted octanol–water partition coefficient (Wildman–Crippen LogP) is -0.274. The van der Waals surface area contributed by atoms with Crippen molar-refractivity contribution in [1.29, 1.82) is 0 Å². The minimum absolute atomic E-state index is 0.127. The zero-order chi connectivity index (χ0) is 6.91. The van der Waals surface area contributed by atoms with E-state index in [9.17, 15) is 0 Å². The van der Waals surface area contributed by atoms with E-state index < -0.39 is 5.72 Å². The second-order valence-electron chi connectivity index (χ2n) is 2.01. The number of aliphatic hydroxyl groups excluding tert-OH is 1. The van der Waals surface area contributed by atoms with Crippen LogP contribution in [-0.4, -0.2) is 22.2 Å². The van der Waals surface area contributed by atoms with E-state index in [1.807, 2.05) is 0 Å². The van der Waals surface area contributed by atoms with Crippen molar-refractivity contribution < 1.29 is 10.2 Å². The minimum atomic E-state index is -1.39. The van der Waals surface area contributed by atoms with Gasteiger partial charge >= 0.3 is 0 Å². The van der Waals surface area contributed by atoms with Gasteiger partial charge in [-0.25, -0.2) is 0 Å². The molecule has 0 aromatic heterocycles. The topological polar surface area (TPSA) is 64.8 Å². The maximum atomic E-state index is 9.10. The molecule has 0 saturated heterocycles. The van der Waals surface area contributed by atoms with Crippen molar-refractivity contribution in [2.45, 2.75) is 12.6 Å². The van der Waals surface area contributed by atoms with Crippen LogP contribution in [0.2, 0.25) is 0 Å². The van der Waals surface area contributed by atoms with Crippen molar-refractivity contribution in [3.63, 3.8) is 0 Å². The van der Waals surface area contributed by atoms with Crippen molar-refractivity contribution >= 4 is 6.21 Å². The number of hydrogen-bond acceptors (Lipinski definition) is 4. The Balaban J connectivity index is 2.83. The third-order valence-electron chi connectivity index (χ3n) is 1.09. The first-order chi connectivity index (χ1) is 4.13. The zero-order valence-corrected chi connectivity index (χ0v) is 5.00. The van der Waals surface area contributed by atoms with Gasteiger partial charge in [0.25, 0.3) is 0 Å². The Morgan fingerprint density at radius 1 is 1.78 bits per heavy atom. The van der Waals surface area contributed by atoms with Crippen LogP contribution in [0.3, 0.4) is 0 Å². The molecule has 0 amide bonds. The molecule has 0 aromatic rings. The van der Waals surface area contributed by atoms with Crippen LogP contribution in [0.25, 0.3) is 0 Å². The van der Waals surface area contributed by atoms with Gasteiger partial charge in [-0.15, -0.1) is 0 Å². The third kappa shape index (κ3) is 1.02. The SMILES string of the molecule is CC1(O)NN=CC=C1O. The molecule has 0 saturated carbocycles. The smallest absolute Gasteiger partial charge is 0.206 e. The van der Waals surface area contributed by atoms with Gasteiger partial charge in [0.1, 0.15) is 5.76 Å². The molecule has 0 aromatic carbocycles. The Morgan fingerprint density at radius 3 is 2.78 bits per heavy atom. The van der Waals surface area contributed by atoms with E-state index in [0.717, 1.165) is 0 Å². The molecule has 0 fully saturated rings. The van der Waals surface area contributed by atoms with E-state index >= 15 is 0 Å².